The molecule has 2 aromatic rings. The van der Waals surface area contributed by atoms with E-state index in [1.807, 2.05) is 0 Å². The van der Waals surface area contributed by atoms with Gasteiger partial charge < -0.3 is 10.6 Å². The van der Waals surface area contributed by atoms with Crippen molar-refractivity contribution in [1.29, 1.82) is 0 Å². The van der Waals surface area contributed by atoms with Gasteiger partial charge in [-0.1, -0.05) is 46.9 Å². The first kappa shape index (κ1) is 27.0. The molecule has 0 saturated carbocycles. The highest BCUT2D eigenvalue weighted by molar-refractivity contribution is 7.93. The van der Waals surface area contributed by atoms with Gasteiger partial charge in [-0.25, -0.2) is 17.2 Å². The predicted molar refractivity (Wildman–Crippen MR) is 131 cm³/mol. The largest absolute Gasteiger partial charge is 0.330 e. The van der Waals surface area contributed by atoms with E-state index in [-0.39, 0.29) is 27.9 Å². The Morgan fingerprint density at radius 3 is 2.31 bits per heavy atom. The normalized spacial score (nSPS) is 24.9. The average molecular weight is 582 g/mol. The summed E-state index contributed by atoms with van der Waals surface area (Å²) in [6.07, 6.45) is -3.11. The molecule has 2 aliphatic heterocycles. The highest BCUT2D eigenvalue weighted by Crippen LogP contribution is 2.40. The molecule has 2 heterocycles. The number of rotatable bonds is 6. The van der Waals surface area contributed by atoms with Gasteiger partial charge in [-0.05, 0) is 35.9 Å². The number of fused-ring (bicyclic) bond motifs is 1. The third-order valence-corrected chi connectivity index (χ3v) is 9.39. The van der Waals surface area contributed by atoms with Crippen molar-refractivity contribution in [2.45, 2.75) is 34.8 Å². The number of hydrogen-bond acceptors (Lipinski definition) is 6. The first-order chi connectivity index (χ1) is 16.9. The molecule has 0 spiro atoms. The highest BCUT2D eigenvalue weighted by atomic mass is 35.5. The zero-order valence-corrected chi connectivity index (χ0v) is 21.6. The average Bonchev–Trinajstić information content (AvgIpc) is 2.80. The predicted octanol–water partition coefficient (Wildman–Crippen LogP) is 2.55. The minimum absolute atomic E-state index is 0.165. The van der Waals surface area contributed by atoms with Crippen LogP contribution in [0.3, 0.4) is 0 Å². The summed E-state index contributed by atoms with van der Waals surface area (Å²) >= 11 is 18.1. The molecule has 3 unspecified atom stereocenters. The van der Waals surface area contributed by atoms with E-state index in [1.165, 1.54) is 12.1 Å². The van der Waals surface area contributed by atoms with E-state index in [1.54, 1.807) is 24.3 Å². The van der Waals surface area contributed by atoms with Gasteiger partial charge in [0.1, 0.15) is 6.04 Å². The molecule has 3 atom stereocenters. The van der Waals surface area contributed by atoms with Crippen LogP contribution in [0.2, 0.25) is 15.1 Å². The Morgan fingerprint density at radius 2 is 1.69 bits per heavy atom. The van der Waals surface area contributed by atoms with Crippen LogP contribution in [0.1, 0.15) is 5.56 Å². The van der Waals surface area contributed by atoms with E-state index in [2.05, 4.69) is 5.32 Å². The van der Waals surface area contributed by atoms with Gasteiger partial charge in [0.15, 0.2) is 0 Å². The number of benzene rings is 2. The molecule has 0 radical (unpaired) electrons. The number of hydrogen-bond donors (Lipinski definition) is 2. The van der Waals surface area contributed by atoms with Crippen molar-refractivity contribution in [2.75, 3.05) is 19.6 Å². The summed E-state index contributed by atoms with van der Waals surface area (Å²) in [4.78, 5) is 25.8. The van der Waals surface area contributed by atoms with E-state index in [0.29, 0.717) is 10.6 Å². The van der Waals surface area contributed by atoms with Gasteiger partial charge in [-0.2, -0.15) is 0 Å². The second-order valence-corrected chi connectivity index (χ2v) is 11.9. The smallest absolute Gasteiger partial charge is 0.255 e. The van der Waals surface area contributed by atoms with Crippen LogP contribution in [0.5, 0.6) is 0 Å². The monoisotopic (exact) mass is 580 g/mol. The topological polar surface area (TPSA) is 113 Å². The van der Waals surface area contributed by atoms with Gasteiger partial charge in [-0.3, -0.25) is 19.8 Å². The van der Waals surface area contributed by atoms with Crippen LogP contribution >= 0.6 is 34.8 Å². The number of amides is 2. The van der Waals surface area contributed by atoms with Crippen molar-refractivity contribution in [3.05, 3.63) is 63.1 Å². The van der Waals surface area contributed by atoms with E-state index in [9.17, 15) is 26.8 Å². The molecule has 3 N–H and O–H groups in total. The van der Waals surface area contributed by atoms with Crippen molar-refractivity contribution >= 4 is 56.5 Å². The number of carbonyl (C=O) groups excluding carboxylic acids is 2. The van der Waals surface area contributed by atoms with Crippen LogP contribution in [0.25, 0.3) is 0 Å². The number of nitrogens with one attached hydrogen (secondary N) is 1. The van der Waals surface area contributed by atoms with Crippen LogP contribution < -0.4 is 11.1 Å². The molecular formula is C22H21Cl3F2N4O4S. The maximum absolute atomic E-state index is 14.1. The van der Waals surface area contributed by atoms with Gasteiger partial charge in [0.25, 0.3) is 6.43 Å². The fraction of sp³-hybridized carbons (Fsp3) is 0.364. The van der Waals surface area contributed by atoms with Gasteiger partial charge in [0, 0.05) is 23.0 Å². The van der Waals surface area contributed by atoms with Crippen molar-refractivity contribution < 1.29 is 26.8 Å². The quantitative estimate of drug-likeness (QED) is 0.542. The fourth-order valence-corrected chi connectivity index (χ4v) is 7.36. The lowest BCUT2D eigenvalue weighted by atomic mass is 9.97. The van der Waals surface area contributed by atoms with Crippen molar-refractivity contribution in [1.82, 2.24) is 15.1 Å². The molecule has 14 heteroatoms. The molecule has 0 aromatic heterocycles. The lowest BCUT2D eigenvalue weighted by Crippen LogP contribution is -2.83. The van der Waals surface area contributed by atoms with Gasteiger partial charge in [0.2, 0.25) is 26.6 Å². The Bertz CT molecular complexity index is 1300. The summed E-state index contributed by atoms with van der Waals surface area (Å²) in [5.41, 5.74) is 6.49. The van der Waals surface area contributed by atoms with Crippen LogP contribution in [0.4, 0.5) is 8.78 Å². The SMILES string of the molecule is NC1CNC2(S(=O)(=O)c3ccc(Cl)cc3Cl)CN(CC(F)F)C(=O)C(Cc3ccc(Cl)cc3)N2C1=O. The minimum atomic E-state index is -4.62. The highest BCUT2D eigenvalue weighted by Gasteiger charge is 2.63. The Balaban J connectivity index is 1.91. The molecule has 194 valence electrons. The summed E-state index contributed by atoms with van der Waals surface area (Å²) in [5, 5.41) is 3.14. The van der Waals surface area contributed by atoms with E-state index >= 15 is 0 Å². The molecule has 8 nitrogen and oxygen atoms in total. The van der Waals surface area contributed by atoms with Crippen molar-refractivity contribution in [3.63, 3.8) is 0 Å². The summed E-state index contributed by atoms with van der Waals surface area (Å²) in [7, 11) is -4.62. The van der Waals surface area contributed by atoms with Crippen LogP contribution in [-0.4, -0.2) is 73.2 Å². The second kappa shape index (κ2) is 10.0. The standard InChI is InChI=1S/C22H21Cl3F2N4O4S/c23-13-3-1-12(2-4-13)7-17-21(33)30(10-19(26)27)11-22(29-9-16(28)20(32)31(17)22)36(34,35)18-6-5-14(24)8-15(18)25/h1-6,8,16-17,19,29H,7,9-11,28H2. The van der Waals surface area contributed by atoms with Crippen LogP contribution in [0.15, 0.2) is 47.4 Å². The molecule has 2 aliphatic rings. The lowest BCUT2D eigenvalue weighted by Gasteiger charge is -2.56. The Kier molecular flexibility index (Phi) is 7.53. The molecule has 2 fully saturated rings. The molecule has 0 aliphatic carbocycles. The van der Waals surface area contributed by atoms with Gasteiger partial charge in [0.05, 0.1) is 29.0 Å². The fourth-order valence-electron chi connectivity index (χ4n) is 4.52. The molecule has 4 rings (SSSR count). The van der Waals surface area contributed by atoms with E-state index < -0.39 is 58.2 Å². The zero-order valence-electron chi connectivity index (χ0n) is 18.5. The Hall–Kier alpha value is -2.02. The van der Waals surface area contributed by atoms with Crippen LogP contribution in [-0.2, 0) is 25.8 Å². The number of halogens is 5. The third-order valence-electron chi connectivity index (χ3n) is 6.18. The number of sulfone groups is 1. The maximum atomic E-state index is 14.1. The van der Waals surface area contributed by atoms with Crippen LogP contribution in [0, 0.1) is 0 Å². The first-order valence-electron chi connectivity index (χ1n) is 10.7. The zero-order chi connectivity index (χ0) is 26.4. The number of nitrogens with zero attached hydrogens (tertiary/aromatic N) is 2. The second-order valence-electron chi connectivity index (χ2n) is 8.51. The lowest BCUT2D eigenvalue weighted by molar-refractivity contribution is -0.166. The Morgan fingerprint density at radius 1 is 1.06 bits per heavy atom. The van der Waals surface area contributed by atoms with Crippen molar-refractivity contribution in [2.24, 2.45) is 5.73 Å². The van der Waals surface area contributed by atoms with Crippen molar-refractivity contribution in [3.8, 4) is 0 Å². The minimum Gasteiger partial charge on any atom is -0.330 e. The maximum Gasteiger partial charge on any atom is 0.255 e. The molecule has 36 heavy (non-hydrogen) atoms. The summed E-state index contributed by atoms with van der Waals surface area (Å²) in [5.74, 6) is -1.64. The summed E-state index contributed by atoms with van der Waals surface area (Å²) < 4.78 is 55.3. The molecule has 2 amide bonds. The third kappa shape index (κ3) is 4.68. The van der Waals surface area contributed by atoms with E-state index in [0.717, 1.165) is 15.9 Å². The summed E-state index contributed by atoms with van der Waals surface area (Å²) in [6.45, 7) is -2.06. The summed E-state index contributed by atoms with van der Waals surface area (Å²) in [6, 6.07) is 7.35. The number of piperazine rings is 1. The van der Waals surface area contributed by atoms with E-state index in [4.69, 9.17) is 40.5 Å². The molecule has 0 bridgehead atoms. The molecule has 2 saturated heterocycles. The van der Waals surface area contributed by atoms with Gasteiger partial charge >= 0.3 is 0 Å². The van der Waals surface area contributed by atoms with Gasteiger partial charge in [-0.15, -0.1) is 0 Å². The number of carbonyl (C=O) groups is 2. The molecule has 2 aromatic carbocycles. The Labute approximate surface area is 221 Å². The number of nitrogens with two attached hydrogens (primary N) is 1. The molecular weight excluding hydrogens is 561 g/mol. The number of alkyl halides is 2. The first-order valence-corrected chi connectivity index (χ1v) is 13.3.